The first-order valence-electron chi connectivity index (χ1n) is 6.49. The van der Waals surface area contributed by atoms with Crippen molar-refractivity contribution in [3.63, 3.8) is 0 Å². The Balaban J connectivity index is 3.09. The molecule has 1 unspecified atom stereocenters. The fourth-order valence-corrected chi connectivity index (χ4v) is 1.72. The summed E-state index contributed by atoms with van der Waals surface area (Å²) in [4.78, 5) is 0. The third-order valence-corrected chi connectivity index (χ3v) is 2.45. The minimum atomic E-state index is 0.429. The predicted molar refractivity (Wildman–Crippen MR) is 67.3 cm³/mol. The van der Waals surface area contributed by atoms with Gasteiger partial charge in [-0.1, -0.05) is 20.8 Å². The van der Waals surface area contributed by atoms with Crippen molar-refractivity contribution in [1.82, 2.24) is 5.32 Å². The number of nitrogens with one attached hydrogen (secondary N) is 1. The van der Waals surface area contributed by atoms with E-state index >= 15 is 0 Å². The van der Waals surface area contributed by atoms with Crippen LogP contribution in [0.2, 0.25) is 0 Å². The highest BCUT2D eigenvalue weighted by molar-refractivity contribution is 4.54. The van der Waals surface area contributed by atoms with Gasteiger partial charge in [0, 0.05) is 6.61 Å². The Bertz CT molecular complexity index is 126. The monoisotopic (exact) mass is 215 g/mol. The number of rotatable bonds is 10. The van der Waals surface area contributed by atoms with Crippen molar-refractivity contribution in [2.24, 2.45) is 5.92 Å². The Kier molecular flexibility index (Phi) is 10.4. The van der Waals surface area contributed by atoms with E-state index in [1.54, 1.807) is 0 Å². The molecule has 0 aliphatic heterocycles. The summed E-state index contributed by atoms with van der Waals surface area (Å²) < 4.78 is 5.74. The molecule has 0 amide bonds. The maximum atomic E-state index is 5.74. The molecule has 0 spiro atoms. The van der Waals surface area contributed by atoms with Gasteiger partial charge in [0.1, 0.15) is 0 Å². The zero-order chi connectivity index (χ0) is 11.5. The lowest BCUT2D eigenvalue weighted by molar-refractivity contribution is 0.0495. The van der Waals surface area contributed by atoms with Gasteiger partial charge in [-0.15, -0.1) is 0 Å². The van der Waals surface area contributed by atoms with Gasteiger partial charge in [0.15, 0.2) is 0 Å². The van der Waals surface area contributed by atoms with Crippen LogP contribution in [0, 0.1) is 5.92 Å². The number of hydrogen-bond acceptors (Lipinski definition) is 2. The fourth-order valence-electron chi connectivity index (χ4n) is 1.72. The van der Waals surface area contributed by atoms with Crippen molar-refractivity contribution in [1.29, 1.82) is 0 Å². The highest BCUT2D eigenvalue weighted by Crippen LogP contribution is 2.08. The SMILES string of the molecule is CCNCCCCCOC(C)CC(C)C. The lowest BCUT2D eigenvalue weighted by Crippen LogP contribution is -2.14. The van der Waals surface area contributed by atoms with Crippen LogP contribution in [0.4, 0.5) is 0 Å². The van der Waals surface area contributed by atoms with Crippen molar-refractivity contribution in [2.75, 3.05) is 19.7 Å². The van der Waals surface area contributed by atoms with Crippen molar-refractivity contribution in [3.8, 4) is 0 Å². The van der Waals surface area contributed by atoms with E-state index in [2.05, 4.69) is 33.0 Å². The largest absolute Gasteiger partial charge is 0.379 e. The molecule has 0 bridgehead atoms. The Hall–Kier alpha value is -0.0800. The topological polar surface area (TPSA) is 21.3 Å². The second-order valence-electron chi connectivity index (χ2n) is 4.73. The third-order valence-electron chi connectivity index (χ3n) is 2.45. The summed E-state index contributed by atoms with van der Waals surface area (Å²) in [6, 6.07) is 0. The second-order valence-corrected chi connectivity index (χ2v) is 4.73. The summed E-state index contributed by atoms with van der Waals surface area (Å²) in [6.45, 7) is 12.0. The molecule has 0 aliphatic carbocycles. The van der Waals surface area contributed by atoms with Crippen LogP contribution < -0.4 is 5.32 Å². The maximum Gasteiger partial charge on any atom is 0.0549 e. The molecule has 2 heteroatoms. The van der Waals surface area contributed by atoms with Crippen LogP contribution in [0.3, 0.4) is 0 Å². The van der Waals surface area contributed by atoms with E-state index in [1.165, 1.54) is 25.7 Å². The first-order valence-corrected chi connectivity index (χ1v) is 6.49. The van der Waals surface area contributed by atoms with Crippen LogP contribution in [0.1, 0.15) is 53.4 Å². The quantitative estimate of drug-likeness (QED) is 0.565. The normalized spacial score (nSPS) is 13.4. The highest BCUT2D eigenvalue weighted by atomic mass is 16.5. The van der Waals surface area contributed by atoms with E-state index in [0.717, 1.165) is 25.6 Å². The minimum absolute atomic E-state index is 0.429. The highest BCUT2D eigenvalue weighted by Gasteiger charge is 2.04. The van der Waals surface area contributed by atoms with Gasteiger partial charge in [-0.25, -0.2) is 0 Å². The lowest BCUT2D eigenvalue weighted by atomic mass is 10.1. The van der Waals surface area contributed by atoms with Gasteiger partial charge in [0.05, 0.1) is 6.10 Å². The van der Waals surface area contributed by atoms with Gasteiger partial charge >= 0.3 is 0 Å². The van der Waals surface area contributed by atoms with E-state index in [-0.39, 0.29) is 0 Å². The minimum Gasteiger partial charge on any atom is -0.379 e. The van der Waals surface area contributed by atoms with Gasteiger partial charge in [-0.2, -0.15) is 0 Å². The Labute approximate surface area is 95.8 Å². The summed E-state index contributed by atoms with van der Waals surface area (Å²) in [6.07, 6.45) is 5.36. The molecular weight excluding hydrogens is 186 g/mol. The van der Waals surface area contributed by atoms with Crippen molar-refractivity contribution in [3.05, 3.63) is 0 Å². The molecule has 0 rings (SSSR count). The van der Waals surface area contributed by atoms with E-state index in [9.17, 15) is 0 Å². The van der Waals surface area contributed by atoms with E-state index in [1.807, 2.05) is 0 Å². The molecule has 15 heavy (non-hydrogen) atoms. The predicted octanol–water partition coefficient (Wildman–Crippen LogP) is 3.22. The summed E-state index contributed by atoms with van der Waals surface area (Å²) in [7, 11) is 0. The molecule has 0 saturated carbocycles. The second kappa shape index (κ2) is 10.4. The van der Waals surface area contributed by atoms with Gasteiger partial charge < -0.3 is 10.1 Å². The summed E-state index contributed by atoms with van der Waals surface area (Å²) in [5.74, 6) is 0.744. The average molecular weight is 215 g/mol. The van der Waals surface area contributed by atoms with Crippen LogP contribution >= 0.6 is 0 Å². The van der Waals surface area contributed by atoms with Gasteiger partial charge in [0.2, 0.25) is 0 Å². The smallest absolute Gasteiger partial charge is 0.0549 e. The summed E-state index contributed by atoms with van der Waals surface area (Å²) in [5, 5.41) is 3.33. The van der Waals surface area contributed by atoms with Crippen molar-refractivity contribution >= 4 is 0 Å². The van der Waals surface area contributed by atoms with Crippen molar-refractivity contribution in [2.45, 2.75) is 59.5 Å². The van der Waals surface area contributed by atoms with Crippen LogP contribution in [0.25, 0.3) is 0 Å². The zero-order valence-corrected chi connectivity index (χ0v) is 11.0. The molecule has 0 heterocycles. The Morgan fingerprint density at radius 1 is 1.07 bits per heavy atom. The van der Waals surface area contributed by atoms with E-state index < -0.39 is 0 Å². The number of unbranched alkanes of at least 4 members (excludes halogenated alkanes) is 2. The molecule has 0 radical (unpaired) electrons. The summed E-state index contributed by atoms with van der Waals surface area (Å²) >= 11 is 0. The Morgan fingerprint density at radius 3 is 2.40 bits per heavy atom. The van der Waals surface area contributed by atoms with Gasteiger partial charge in [-0.05, 0) is 51.6 Å². The number of hydrogen-bond donors (Lipinski definition) is 1. The molecule has 0 aromatic rings. The molecular formula is C13H29NO. The van der Waals surface area contributed by atoms with Crippen LogP contribution in [0.15, 0.2) is 0 Å². The van der Waals surface area contributed by atoms with Crippen molar-refractivity contribution < 1.29 is 4.74 Å². The van der Waals surface area contributed by atoms with E-state index in [4.69, 9.17) is 4.74 Å². The van der Waals surface area contributed by atoms with E-state index in [0.29, 0.717) is 6.10 Å². The van der Waals surface area contributed by atoms with Crippen LogP contribution in [-0.2, 0) is 4.74 Å². The molecule has 1 atom stereocenters. The zero-order valence-electron chi connectivity index (χ0n) is 11.0. The van der Waals surface area contributed by atoms with Gasteiger partial charge in [0.25, 0.3) is 0 Å². The molecule has 0 aromatic carbocycles. The molecule has 0 aromatic heterocycles. The van der Waals surface area contributed by atoms with Crippen LogP contribution in [0.5, 0.6) is 0 Å². The third kappa shape index (κ3) is 11.8. The maximum absolute atomic E-state index is 5.74. The van der Waals surface area contributed by atoms with Crippen LogP contribution in [-0.4, -0.2) is 25.8 Å². The lowest BCUT2D eigenvalue weighted by Gasteiger charge is -2.14. The molecule has 0 saturated heterocycles. The average Bonchev–Trinajstić information content (AvgIpc) is 2.15. The Morgan fingerprint density at radius 2 is 1.80 bits per heavy atom. The first-order chi connectivity index (χ1) is 7.16. The molecule has 0 fully saturated rings. The summed E-state index contributed by atoms with van der Waals surface area (Å²) in [5.41, 5.74) is 0. The number of ether oxygens (including phenoxy) is 1. The molecule has 0 aliphatic rings. The molecule has 1 N–H and O–H groups in total. The van der Waals surface area contributed by atoms with Gasteiger partial charge in [-0.3, -0.25) is 0 Å². The standard InChI is InChI=1S/C13H29NO/c1-5-14-9-7-6-8-10-15-13(4)11-12(2)3/h12-14H,5-11H2,1-4H3. The molecule has 2 nitrogen and oxygen atoms in total. The fraction of sp³-hybridized carbons (Fsp3) is 1.00. The first kappa shape index (κ1) is 14.9. The molecule has 92 valence electrons.